The van der Waals surface area contributed by atoms with Crippen molar-refractivity contribution in [3.63, 3.8) is 0 Å². The summed E-state index contributed by atoms with van der Waals surface area (Å²) in [6, 6.07) is 0. The van der Waals surface area contributed by atoms with E-state index in [9.17, 15) is 0 Å². The van der Waals surface area contributed by atoms with E-state index in [0.29, 0.717) is 0 Å². The molecule has 0 aromatic heterocycles. The maximum Gasteiger partial charge on any atom is -0.0246 e. The first-order chi connectivity index (χ1) is 4.72. The quantitative estimate of drug-likeness (QED) is 0.522. The molecule has 0 aromatic rings. The minimum atomic E-state index is 0.777. The lowest BCUT2D eigenvalue weighted by Gasteiger charge is -2.15. The summed E-state index contributed by atoms with van der Waals surface area (Å²) in [6.07, 6.45) is 4.42. The van der Waals surface area contributed by atoms with Gasteiger partial charge in [0.15, 0.2) is 0 Å². The molecule has 0 heterocycles. The second-order valence-electron chi connectivity index (χ2n) is 3.01. The van der Waals surface area contributed by atoms with Crippen molar-refractivity contribution in [3.05, 3.63) is 18.4 Å². The van der Waals surface area contributed by atoms with Crippen LogP contribution in [-0.4, -0.2) is 0 Å². The van der Waals surface area contributed by atoms with Crippen molar-refractivity contribution in [2.75, 3.05) is 0 Å². The van der Waals surface area contributed by atoms with E-state index in [1.54, 1.807) is 0 Å². The zero-order valence-corrected chi connectivity index (χ0v) is 7.35. The Labute approximate surface area is 64.6 Å². The fourth-order valence-corrected chi connectivity index (χ4v) is 0.904. The van der Waals surface area contributed by atoms with Crippen molar-refractivity contribution in [1.82, 2.24) is 0 Å². The van der Waals surface area contributed by atoms with Gasteiger partial charge in [-0.1, -0.05) is 33.8 Å². The second-order valence-corrected chi connectivity index (χ2v) is 3.01. The summed E-state index contributed by atoms with van der Waals surface area (Å²) in [4.78, 5) is 0. The van der Waals surface area contributed by atoms with Crippen LogP contribution in [-0.2, 0) is 0 Å². The molecule has 0 aliphatic heterocycles. The van der Waals surface area contributed by atoms with Gasteiger partial charge in [0.2, 0.25) is 0 Å². The highest BCUT2D eigenvalue weighted by Gasteiger charge is 2.06. The van der Waals surface area contributed by atoms with Gasteiger partial charge >= 0.3 is 0 Å². The number of hydrogen-bond acceptors (Lipinski definition) is 0. The maximum atomic E-state index is 3.54. The van der Waals surface area contributed by atoms with Gasteiger partial charge in [0.1, 0.15) is 0 Å². The molecule has 0 fully saturated rings. The Kier molecular flexibility index (Phi) is 5.06. The summed E-state index contributed by atoms with van der Waals surface area (Å²) in [5.74, 6) is 1.60. The Morgan fingerprint density at radius 2 is 2.00 bits per heavy atom. The van der Waals surface area contributed by atoms with Crippen LogP contribution in [0.25, 0.3) is 0 Å². The van der Waals surface area contributed by atoms with E-state index in [-0.39, 0.29) is 0 Å². The third kappa shape index (κ3) is 3.53. The van der Waals surface area contributed by atoms with E-state index in [2.05, 4.69) is 33.1 Å². The van der Waals surface area contributed by atoms with Gasteiger partial charge in [-0.05, 0) is 24.3 Å². The van der Waals surface area contributed by atoms with E-state index >= 15 is 0 Å². The molecule has 0 nitrogen and oxygen atoms in total. The Hall–Kier alpha value is -0.480. The van der Waals surface area contributed by atoms with Crippen molar-refractivity contribution >= 4 is 0 Å². The number of rotatable bonds is 4. The van der Waals surface area contributed by atoms with Crippen molar-refractivity contribution in [1.29, 1.82) is 0 Å². The molecule has 10 heavy (non-hydrogen) atoms. The molecule has 0 saturated carbocycles. The summed E-state index contributed by atoms with van der Waals surface area (Å²) >= 11 is 0. The van der Waals surface area contributed by atoms with Crippen LogP contribution in [0, 0.1) is 11.8 Å². The standard InChI is InChI=1S/C10H18/c1-5-7-8-10(4)9(3)6-2/h7,9-10H,1,6,8H2,2-4H3. The predicted molar refractivity (Wildman–Crippen MR) is 46.9 cm³/mol. The smallest absolute Gasteiger partial charge is 0.0246 e. The topological polar surface area (TPSA) is 0 Å². The average molecular weight is 138 g/mol. The van der Waals surface area contributed by atoms with Gasteiger partial charge in [0, 0.05) is 0 Å². The minimum absolute atomic E-state index is 0.777. The summed E-state index contributed by atoms with van der Waals surface area (Å²) in [5.41, 5.74) is 2.80. The molecule has 0 rings (SSSR count). The van der Waals surface area contributed by atoms with Crippen LogP contribution in [0.3, 0.4) is 0 Å². The molecule has 0 spiro atoms. The Morgan fingerprint density at radius 1 is 1.40 bits per heavy atom. The zero-order chi connectivity index (χ0) is 7.98. The van der Waals surface area contributed by atoms with Crippen molar-refractivity contribution < 1.29 is 0 Å². The lowest BCUT2D eigenvalue weighted by molar-refractivity contribution is 0.381. The van der Waals surface area contributed by atoms with E-state index in [1.165, 1.54) is 6.42 Å². The molecule has 58 valence electrons. The van der Waals surface area contributed by atoms with Crippen LogP contribution in [0.5, 0.6) is 0 Å². The third-order valence-electron chi connectivity index (χ3n) is 2.25. The van der Waals surface area contributed by atoms with Crippen molar-refractivity contribution in [2.45, 2.75) is 33.6 Å². The highest BCUT2D eigenvalue weighted by atomic mass is 14.1. The molecule has 0 radical (unpaired) electrons. The first-order valence-corrected chi connectivity index (χ1v) is 4.06. The average Bonchev–Trinajstić information content (AvgIpc) is 1.98. The lowest BCUT2D eigenvalue weighted by Crippen LogP contribution is -2.04. The largest absolute Gasteiger partial charge is 0.133 e. The molecule has 0 aliphatic rings. The Bertz CT molecular complexity index is 118. The van der Waals surface area contributed by atoms with Crippen LogP contribution < -0.4 is 0 Å². The summed E-state index contributed by atoms with van der Waals surface area (Å²) in [5, 5.41) is 0. The predicted octanol–water partition coefficient (Wildman–Crippen LogP) is 3.40. The first kappa shape index (κ1) is 9.52. The van der Waals surface area contributed by atoms with Crippen molar-refractivity contribution in [2.24, 2.45) is 11.8 Å². The number of hydrogen-bond donors (Lipinski definition) is 0. The molecule has 0 saturated heterocycles. The van der Waals surface area contributed by atoms with Crippen LogP contribution in [0.1, 0.15) is 33.6 Å². The molecular weight excluding hydrogens is 120 g/mol. The van der Waals surface area contributed by atoms with E-state index in [1.807, 2.05) is 6.08 Å². The molecule has 0 bridgehead atoms. The van der Waals surface area contributed by atoms with E-state index in [4.69, 9.17) is 0 Å². The molecular formula is C10H18. The second kappa shape index (κ2) is 5.32. The van der Waals surface area contributed by atoms with E-state index < -0.39 is 0 Å². The zero-order valence-electron chi connectivity index (χ0n) is 7.35. The van der Waals surface area contributed by atoms with Gasteiger partial charge in [0.25, 0.3) is 0 Å². The molecule has 0 N–H and O–H groups in total. The van der Waals surface area contributed by atoms with Gasteiger partial charge in [-0.2, -0.15) is 0 Å². The molecule has 0 heteroatoms. The van der Waals surface area contributed by atoms with Gasteiger partial charge in [-0.3, -0.25) is 0 Å². The van der Waals surface area contributed by atoms with E-state index in [0.717, 1.165) is 18.3 Å². The molecule has 2 atom stereocenters. The SMILES string of the molecule is C=C=CCC(C)C(C)CC. The minimum Gasteiger partial charge on any atom is -0.133 e. The summed E-state index contributed by atoms with van der Waals surface area (Å²) in [6.45, 7) is 10.3. The molecule has 2 unspecified atom stereocenters. The normalized spacial score (nSPS) is 15.5. The van der Waals surface area contributed by atoms with Crippen LogP contribution >= 0.6 is 0 Å². The van der Waals surface area contributed by atoms with Crippen LogP contribution in [0.15, 0.2) is 18.4 Å². The maximum absolute atomic E-state index is 3.54. The monoisotopic (exact) mass is 138 g/mol. The van der Waals surface area contributed by atoms with Crippen LogP contribution in [0.2, 0.25) is 0 Å². The fourth-order valence-electron chi connectivity index (χ4n) is 0.904. The van der Waals surface area contributed by atoms with Crippen LogP contribution in [0.4, 0.5) is 0 Å². The fraction of sp³-hybridized carbons (Fsp3) is 0.700. The highest BCUT2D eigenvalue weighted by molar-refractivity contribution is 4.79. The van der Waals surface area contributed by atoms with Gasteiger partial charge in [-0.25, -0.2) is 0 Å². The summed E-state index contributed by atoms with van der Waals surface area (Å²) < 4.78 is 0. The van der Waals surface area contributed by atoms with Gasteiger partial charge in [0.05, 0.1) is 0 Å². The lowest BCUT2D eigenvalue weighted by atomic mass is 9.91. The highest BCUT2D eigenvalue weighted by Crippen LogP contribution is 2.17. The molecule has 0 aromatic carbocycles. The van der Waals surface area contributed by atoms with Gasteiger partial charge < -0.3 is 0 Å². The molecule has 0 amide bonds. The van der Waals surface area contributed by atoms with Gasteiger partial charge in [-0.15, -0.1) is 5.73 Å². The Morgan fingerprint density at radius 3 is 2.40 bits per heavy atom. The third-order valence-corrected chi connectivity index (χ3v) is 2.25. The first-order valence-electron chi connectivity index (χ1n) is 4.06. The van der Waals surface area contributed by atoms with Crippen molar-refractivity contribution in [3.8, 4) is 0 Å². The molecule has 0 aliphatic carbocycles. The number of allylic oxidation sites excluding steroid dienone is 1. The summed E-state index contributed by atoms with van der Waals surface area (Å²) in [7, 11) is 0. The Balaban J connectivity index is 3.60.